The van der Waals surface area contributed by atoms with Crippen molar-refractivity contribution in [1.82, 2.24) is 24.8 Å². The first kappa shape index (κ1) is 19.2. The summed E-state index contributed by atoms with van der Waals surface area (Å²) in [6.07, 6.45) is 0.453. The molecule has 5 rings (SSSR count). The van der Waals surface area contributed by atoms with Crippen LogP contribution >= 0.6 is 0 Å². The van der Waals surface area contributed by atoms with Gasteiger partial charge in [0, 0.05) is 42.6 Å². The van der Waals surface area contributed by atoms with Gasteiger partial charge in [-0.1, -0.05) is 18.2 Å². The van der Waals surface area contributed by atoms with Crippen molar-refractivity contribution in [3.63, 3.8) is 0 Å². The first-order valence-electron chi connectivity index (χ1n) is 10.3. The lowest BCUT2D eigenvalue weighted by molar-refractivity contribution is 0.0692. The number of hydrogen-bond donors (Lipinski definition) is 3. The van der Waals surface area contributed by atoms with E-state index in [2.05, 4.69) is 22.4 Å². The van der Waals surface area contributed by atoms with E-state index >= 15 is 0 Å². The van der Waals surface area contributed by atoms with Crippen LogP contribution in [0.2, 0.25) is 0 Å². The minimum absolute atomic E-state index is 0.100. The number of fused-ring (bicyclic) bond motifs is 2. The second-order valence-corrected chi connectivity index (χ2v) is 8.01. The van der Waals surface area contributed by atoms with Gasteiger partial charge in [-0.25, -0.2) is 9.78 Å². The zero-order valence-corrected chi connectivity index (χ0v) is 17.1. The van der Waals surface area contributed by atoms with E-state index in [9.17, 15) is 9.59 Å². The number of imidazole rings is 1. The van der Waals surface area contributed by atoms with Gasteiger partial charge in [0.15, 0.2) is 5.82 Å². The van der Waals surface area contributed by atoms with Crippen LogP contribution in [0.3, 0.4) is 0 Å². The molecule has 3 heterocycles. The number of aromatic amines is 1. The maximum atomic E-state index is 13.1. The third-order valence-corrected chi connectivity index (χ3v) is 5.93. The highest BCUT2D eigenvalue weighted by atomic mass is 16.4. The molecule has 8 heteroatoms. The average molecular weight is 417 g/mol. The second kappa shape index (κ2) is 7.46. The highest BCUT2D eigenvalue weighted by Crippen LogP contribution is 2.27. The molecule has 4 aromatic rings. The summed E-state index contributed by atoms with van der Waals surface area (Å²) in [5.41, 5.74) is 4.22. The number of H-pyrrole nitrogens is 1. The third kappa shape index (κ3) is 3.50. The molecule has 1 saturated heterocycles. The van der Waals surface area contributed by atoms with E-state index in [0.717, 1.165) is 46.3 Å². The number of para-hydroxylation sites is 1. The normalized spacial score (nSPS) is 16.7. The van der Waals surface area contributed by atoms with Crippen LogP contribution in [0.15, 0.2) is 48.5 Å². The number of nitrogens with one attached hydrogen (secondary N) is 2. The van der Waals surface area contributed by atoms with E-state index in [-0.39, 0.29) is 11.9 Å². The highest BCUT2D eigenvalue weighted by Gasteiger charge is 2.26. The van der Waals surface area contributed by atoms with Crippen LogP contribution in [-0.2, 0) is 7.05 Å². The van der Waals surface area contributed by atoms with E-state index in [1.54, 1.807) is 4.90 Å². The molecule has 2 aromatic heterocycles. The van der Waals surface area contributed by atoms with Gasteiger partial charge < -0.3 is 24.9 Å². The van der Waals surface area contributed by atoms with Crippen molar-refractivity contribution < 1.29 is 14.7 Å². The average Bonchev–Trinajstić information content (AvgIpc) is 3.33. The molecule has 1 fully saturated rings. The molecule has 8 nitrogen and oxygen atoms in total. The lowest BCUT2D eigenvalue weighted by Crippen LogP contribution is -2.49. The topological polar surface area (TPSA) is 103 Å². The van der Waals surface area contributed by atoms with Crippen molar-refractivity contribution in [3.05, 3.63) is 54.1 Å². The number of amides is 2. The second-order valence-electron chi connectivity index (χ2n) is 8.01. The van der Waals surface area contributed by atoms with Gasteiger partial charge in [0.25, 0.3) is 5.91 Å². The van der Waals surface area contributed by atoms with Gasteiger partial charge in [0.2, 0.25) is 0 Å². The van der Waals surface area contributed by atoms with Crippen LogP contribution in [0.5, 0.6) is 0 Å². The molecule has 158 valence electrons. The van der Waals surface area contributed by atoms with Gasteiger partial charge in [-0.3, -0.25) is 4.79 Å². The minimum Gasteiger partial charge on any atom is -0.465 e. The number of benzene rings is 2. The molecule has 0 aliphatic carbocycles. The van der Waals surface area contributed by atoms with E-state index in [0.29, 0.717) is 18.7 Å². The summed E-state index contributed by atoms with van der Waals surface area (Å²) in [5.74, 6) is 0.705. The van der Waals surface area contributed by atoms with Gasteiger partial charge in [-0.2, -0.15) is 0 Å². The molecule has 1 aliphatic heterocycles. The number of carboxylic acid groups (broad SMARTS) is 1. The molecule has 3 N–H and O–H groups in total. The van der Waals surface area contributed by atoms with E-state index in [1.165, 1.54) is 0 Å². The molecule has 1 aliphatic rings. The maximum absolute atomic E-state index is 13.1. The fourth-order valence-electron chi connectivity index (χ4n) is 4.40. The minimum atomic E-state index is -1.06. The molecule has 2 aromatic carbocycles. The number of piperidine rings is 1. The van der Waals surface area contributed by atoms with Gasteiger partial charge in [-0.05, 0) is 43.2 Å². The summed E-state index contributed by atoms with van der Waals surface area (Å²) < 4.78 is 2.02. The van der Waals surface area contributed by atoms with Gasteiger partial charge >= 0.3 is 6.09 Å². The lowest BCUT2D eigenvalue weighted by Gasteiger charge is -2.32. The Bertz CT molecular complexity index is 1270. The van der Waals surface area contributed by atoms with Crippen LogP contribution in [0.1, 0.15) is 23.2 Å². The van der Waals surface area contributed by atoms with Crippen LogP contribution in [-0.4, -0.2) is 55.7 Å². The van der Waals surface area contributed by atoms with Crippen LogP contribution in [0.4, 0.5) is 4.79 Å². The van der Waals surface area contributed by atoms with Gasteiger partial charge in [0.05, 0.1) is 16.7 Å². The van der Waals surface area contributed by atoms with Crippen molar-refractivity contribution in [2.24, 2.45) is 7.05 Å². The van der Waals surface area contributed by atoms with Crippen molar-refractivity contribution in [1.29, 1.82) is 0 Å². The zero-order valence-electron chi connectivity index (χ0n) is 17.1. The van der Waals surface area contributed by atoms with Crippen molar-refractivity contribution >= 4 is 33.9 Å². The quantitative estimate of drug-likeness (QED) is 0.474. The molecule has 0 radical (unpaired) electrons. The molecular weight excluding hydrogens is 394 g/mol. The monoisotopic (exact) mass is 417 g/mol. The number of likely N-dealkylation sites (tertiary alicyclic amines) is 1. The Labute approximate surface area is 178 Å². The van der Waals surface area contributed by atoms with Crippen molar-refractivity contribution in [2.75, 3.05) is 13.1 Å². The largest absolute Gasteiger partial charge is 0.465 e. The van der Waals surface area contributed by atoms with Gasteiger partial charge in [0.1, 0.15) is 0 Å². The first-order chi connectivity index (χ1) is 15.0. The standard InChI is InChI=1S/C23H23N5O3/c1-27-20-9-8-15(22(29)28-10-4-6-16(13-28)24-23(30)31)12-18(20)26-21(27)19-11-14-5-2-3-7-17(14)25-19/h2-3,5,7-9,11-12,16,24-25H,4,6,10,13H2,1H3,(H,30,31)/t16-/m1/s1. The van der Waals surface area contributed by atoms with E-state index < -0.39 is 6.09 Å². The summed E-state index contributed by atoms with van der Waals surface area (Å²) in [6.45, 7) is 1.00. The van der Waals surface area contributed by atoms with Crippen molar-refractivity contribution in [2.45, 2.75) is 18.9 Å². The molecule has 0 saturated carbocycles. The predicted octanol–water partition coefficient (Wildman–Crippen LogP) is 3.59. The third-order valence-electron chi connectivity index (χ3n) is 5.93. The van der Waals surface area contributed by atoms with Crippen LogP contribution in [0.25, 0.3) is 33.5 Å². The number of aryl methyl sites for hydroxylation is 1. The summed E-state index contributed by atoms with van der Waals surface area (Å²) in [4.78, 5) is 33.9. The maximum Gasteiger partial charge on any atom is 0.404 e. The van der Waals surface area contributed by atoms with E-state index in [1.807, 2.05) is 48.0 Å². The van der Waals surface area contributed by atoms with Gasteiger partial charge in [-0.15, -0.1) is 0 Å². The summed E-state index contributed by atoms with van der Waals surface area (Å²) in [6, 6.07) is 15.5. The Balaban J connectivity index is 1.45. The summed E-state index contributed by atoms with van der Waals surface area (Å²) in [5, 5.41) is 12.6. The summed E-state index contributed by atoms with van der Waals surface area (Å²) >= 11 is 0. The predicted molar refractivity (Wildman–Crippen MR) is 118 cm³/mol. The zero-order chi connectivity index (χ0) is 21.5. The first-order valence-corrected chi connectivity index (χ1v) is 10.3. The fraction of sp³-hybridized carbons (Fsp3) is 0.261. The SMILES string of the molecule is Cn1c(-c2cc3ccccc3[nH]2)nc2cc(C(=O)N3CCC[C@@H](NC(=O)O)C3)ccc21. The number of hydrogen-bond acceptors (Lipinski definition) is 3. The smallest absolute Gasteiger partial charge is 0.404 e. The Hall–Kier alpha value is -3.81. The molecule has 0 bridgehead atoms. The Kier molecular flexibility index (Phi) is 4.62. The molecule has 0 unspecified atom stereocenters. The van der Waals surface area contributed by atoms with Crippen LogP contribution in [0, 0.1) is 0 Å². The number of nitrogens with zero attached hydrogens (tertiary/aromatic N) is 3. The van der Waals surface area contributed by atoms with Crippen LogP contribution < -0.4 is 5.32 Å². The van der Waals surface area contributed by atoms with E-state index in [4.69, 9.17) is 10.1 Å². The number of rotatable bonds is 3. The Morgan fingerprint density at radius 3 is 2.84 bits per heavy atom. The molecule has 2 amide bonds. The van der Waals surface area contributed by atoms with Crippen molar-refractivity contribution in [3.8, 4) is 11.5 Å². The fourth-order valence-corrected chi connectivity index (χ4v) is 4.40. The highest BCUT2D eigenvalue weighted by molar-refractivity contribution is 5.98. The molecule has 0 spiro atoms. The number of aromatic nitrogens is 3. The lowest BCUT2D eigenvalue weighted by atomic mass is 10.0. The number of carbonyl (C=O) groups is 2. The number of carbonyl (C=O) groups excluding carboxylic acids is 1. The Morgan fingerprint density at radius 2 is 2.03 bits per heavy atom. The molecule has 1 atom stereocenters. The molecule has 31 heavy (non-hydrogen) atoms. The molecular formula is C23H23N5O3. The Morgan fingerprint density at radius 1 is 1.19 bits per heavy atom. The summed E-state index contributed by atoms with van der Waals surface area (Å²) in [7, 11) is 1.96.